The van der Waals surface area contributed by atoms with Crippen molar-refractivity contribution in [2.75, 3.05) is 17.4 Å². The van der Waals surface area contributed by atoms with Crippen molar-refractivity contribution < 1.29 is 18.0 Å². The highest BCUT2D eigenvalue weighted by Gasteiger charge is 2.34. The Labute approximate surface area is 263 Å². The highest BCUT2D eigenvalue weighted by molar-refractivity contribution is 7.92. The van der Waals surface area contributed by atoms with E-state index in [0.29, 0.717) is 39.3 Å². The Morgan fingerprint density at radius 2 is 1.52 bits per heavy atom. The summed E-state index contributed by atoms with van der Waals surface area (Å²) in [7, 11) is -4.21. The number of benzene rings is 3. The Morgan fingerprint density at radius 3 is 2.10 bits per heavy atom. The molecule has 2 amide bonds. The van der Waals surface area contributed by atoms with Crippen LogP contribution in [0.1, 0.15) is 43.9 Å². The van der Waals surface area contributed by atoms with E-state index in [0.717, 1.165) is 15.4 Å². The molecule has 7 nitrogen and oxygen atoms in total. The van der Waals surface area contributed by atoms with Crippen LogP contribution in [-0.2, 0) is 26.2 Å². The molecule has 0 aliphatic heterocycles. The van der Waals surface area contributed by atoms with Gasteiger partial charge in [-0.2, -0.15) is 0 Å². The van der Waals surface area contributed by atoms with Crippen LogP contribution in [0.25, 0.3) is 0 Å². The lowest BCUT2D eigenvalue weighted by Crippen LogP contribution is -2.52. The molecule has 226 valence electrons. The van der Waals surface area contributed by atoms with Gasteiger partial charge in [0.1, 0.15) is 12.6 Å². The maximum Gasteiger partial charge on any atom is 0.264 e. The molecule has 0 fully saturated rings. The zero-order chi connectivity index (χ0) is 31.2. The molecule has 0 radical (unpaired) electrons. The number of amides is 2. The van der Waals surface area contributed by atoms with Crippen LogP contribution in [0.15, 0.2) is 65.6 Å². The van der Waals surface area contributed by atoms with E-state index in [2.05, 4.69) is 5.32 Å². The van der Waals surface area contributed by atoms with Crippen molar-refractivity contribution >= 4 is 62.3 Å². The number of nitrogens with zero attached hydrogens (tertiary/aromatic N) is 2. The maximum atomic E-state index is 14.2. The molecular weight excluding hydrogens is 617 g/mol. The van der Waals surface area contributed by atoms with Crippen molar-refractivity contribution in [2.24, 2.45) is 5.92 Å². The van der Waals surface area contributed by atoms with Gasteiger partial charge in [0.15, 0.2) is 0 Å². The number of rotatable bonds is 12. The molecule has 0 spiro atoms. The first kappa shape index (κ1) is 33.7. The van der Waals surface area contributed by atoms with Gasteiger partial charge < -0.3 is 10.2 Å². The van der Waals surface area contributed by atoms with Crippen LogP contribution in [-0.4, -0.2) is 44.3 Å². The Kier molecular flexibility index (Phi) is 11.7. The van der Waals surface area contributed by atoms with Crippen molar-refractivity contribution in [3.8, 4) is 0 Å². The molecule has 1 atom stereocenters. The molecule has 0 saturated heterocycles. The second kappa shape index (κ2) is 14.6. The number of halogens is 3. The van der Waals surface area contributed by atoms with Gasteiger partial charge in [-0.05, 0) is 91.4 Å². The molecule has 0 aromatic heterocycles. The van der Waals surface area contributed by atoms with E-state index in [-0.39, 0.29) is 23.3 Å². The monoisotopic (exact) mass is 651 g/mol. The lowest BCUT2D eigenvalue weighted by Gasteiger charge is -2.33. The molecule has 0 aliphatic carbocycles. The molecule has 0 heterocycles. The second-order valence-corrected chi connectivity index (χ2v) is 13.7. The number of aryl methyl sites for hydroxylation is 2. The quantitative estimate of drug-likeness (QED) is 0.227. The van der Waals surface area contributed by atoms with Crippen LogP contribution in [0.2, 0.25) is 15.1 Å². The first-order valence-electron chi connectivity index (χ1n) is 13.6. The average molecular weight is 653 g/mol. The summed E-state index contributed by atoms with van der Waals surface area (Å²) in [5.41, 5.74) is 2.73. The summed E-state index contributed by atoms with van der Waals surface area (Å²) in [6.45, 7) is 9.39. The van der Waals surface area contributed by atoms with Gasteiger partial charge in [0.05, 0.1) is 10.6 Å². The number of nitrogens with one attached hydrogen (secondary N) is 1. The van der Waals surface area contributed by atoms with Crippen molar-refractivity contribution in [1.29, 1.82) is 0 Å². The highest BCUT2D eigenvalue weighted by Crippen LogP contribution is 2.28. The zero-order valence-corrected chi connectivity index (χ0v) is 27.4. The van der Waals surface area contributed by atoms with Gasteiger partial charge >= 0.3 is 0 Å². The van der Waals surface area contributed by atoms with Crippen LogP contribution in [0.5, 0.6) is 0 Å². The predicted octanol–water partition coefficient (Wildman–Crippen LogP) is 7.04. The number of sulfonamides is 1. The first-order valence-corrected chi connectivity index (χ1v) is 16.2. The molecule has 0 unspecified atom stereocenters. The number of hydrogen-bond acceptors (Lipinski definition) is 4. The minimum absolute atomic E-state index is 0.0214. The molecule has 0 aliphatic rings. The van der Waals surface area contributed by atoms with Crippen molar-refractivity contribution in [1.82, 2.24) is 10.2 Å². The number of carbonyl (C=O) groups is 2. The van der Waals surface area contributed by atoms with Crippen LogP contribution in [0, 0.1) is 19.8 Å². The molecule has 1 N–H and O–H groups in total. The summed E-state index contributed by atoms with van der Waals surface area (Å²) in [5.74, 6) is -0.697. The maximum absolute atomic E-state index is 14.2. The molecule has 3 aromatic rings. The van der Waals surface area contributed by atoms with Crippen molar-refractivity contribution in [3.63, 3.8) is 0 Å². The van der Waals surface area contributed by atoms with E-state index in [1.165, 1.54) is 29.2 Å². The van der Waals surface area contributed by atoms with Crippen LogP contribution < -0.4 is 9.62 Å². The lowest BCUT2D eigenvalue weighted by molar-refractivity contribution is -0.140. The van der Waals surface area contributed by atoms with Gasteiger partial charge in [-0.15, -0.1) is 0 Å². The highest BCUT2D eigenvalue weighted by atomic mass is 35.5. The third-order valence-corrected chi connectivity index (χ3v) is 9.51. The number of anilines is 1. The molecule has 3 rings (SSSR count). The van der Waals surface area contributed by atoms with E-state index in [1.54, 1.807) is 43.3 Å². The van der Waals surface area contributed by atoms with E-state index >= 15 is 0 Å². The fourth-order valence-corrected chi connectivity index (χ4v) is 6.32. The third-order valence-electron chi connectivity index (χ3n) is 6.89. The molecule has 3 aromatic carbocycles. The summed E-state index contributed by atoms with van der Waals surface area (Å²) in [6, 6.07) is 15.0. The fourth-order valence-electron chi connectivity index (χ4n) is 4.32. The van der Waals surface area contributed by atoms with Crippen LogP contribution in [0.4, 0.5) is 5.69 Å². The Morgan fingerprint density at radius 1 is 0.881 bits per heavy atom. The first-order chi connectivity index (χ1) is 19.7. The molecular formula is C31H36Cl3N3O4S. The standard InChI is InChI=1S/C31H36Cl3N3O4S/c1-6-29(31(39)35-17-20(2)3)36(18-23-8-9-25(33)16-28(23)34)30(38)19-37(26-12-7-21(4)22(5)15-26)42(40,41)27-13-10-24(32)11-14-27/h7-16,20,29H,6,17-19H2,1-5H3,(H,35,39)/t29-/m1/s1. The molecule has 11 heteroatoms. The summed E-state index contributed by atoms with van der Waals surface area (Å²) in [6.07, 6.45) is 0.300. The van der Waals surface area contributed by atoms with Gasteiger partial charge in [-0.1, -0.05) is 67.7 Å². The Balaban J connectivity index is 2.09. The smallest absolute Gasteiger partial charge is 0.264 e. The lowest BCUT2D eigenvalue weighted by atomic mass is 10.1. The summed E-state index contributed by atoms with van der Waals surface area (Å²) in [4.78, 5) is 28.9. The SMILES string of the molecule is CC[C@H](C(=O)NCC(C)C)N(Cc1ccc(Cl)cc1Cl)C(=O)CN(c1ccc(C)c(C)c1)S(=O)(=O)c1ccc(Cl)cc1. The summed E-state index contributed by atoms with van der Waals surface area (Å²) in [5, 5.41) is 4.05. The third kappa shape index (κ3) is 8.40. The second-order valence-electron chi connectivity index (χ2n) is 10.6. The van der Waals surface area contributed by atoms with Crippen molar-refractivity contribution in [2.45, 2.75) is 58.5 Å². The van der Waals surface area contributed by atoms with Crippen molar-refractivity contribution in [3.05, 3.63) is 92.4 Å². The van der Waals surface area contributed by atoms with Crippen LogP contribution in [0.3, 0.4) is 0 Å². The number of carbonyl (C=O) groups excluding carboxylic acids is 2. The van der Waals surface area contributed by atoms with Gasteiger partial charge in [0, 0.05) is 28.2 Å². The fraction of sp³-hybridized carbons (Fsp3) is 0.355. The Hall–Kier alpha value is -2.78. The zero-order valence-electron chi connectivity index (χ0n) is 24.3. The normalized spacial score (nSPS) is 12.2. The molecule has 0 saturated carbocycles. The van der Waals surface area contributed by atoms with E-state index in [9.17, 15) is 18.0 Å². The van der Waals surface area contributed by atoms with E-state index in [1.807, 2.05) is 27.7 Å². The number of hydrogen-bond donors (Lipinski definition) is 1. The minimum atomic E-state index is -4.21. The topological polar surface area (TPSA) is 86.8 Å². The van der Waals surface area contributed by atoms with Gasteiger partial charge in [-0.25, -0.2) is 8.42 Å². The molecule has 0 bridgehead atoms. The predicted molar refractivity (Wildman–Crippen MR) is 171 cm³/mol. The van der Waals surface area contributed by atoms with Gasteiger partial charge in [-0.3, -0.25) is 13.9 Å². The summed E-state index contributed by atoms with van der Waals surface area (Å²) < 4.78 is 29.1. The van der Waals surface area contributed by atoms with Crippen LogP contribution >= 0.6 is 34.8 Å². The molecule has 42 heavy (non-hydrogen) atoms. The van der Waals surface area contributed by atoms with E-state index in [4.69, 9.17) is 34.8 Å². The summed E-state index contributed by atoms with van der Waals surface area (Å²) >= 11 is 18.6. The van der Waals surface area contributed by atoms with Gasteiger partial charge in [0.25, 0.3) is 10.0 Å². The van der Waals surface area contributed by atoms with E-state index < -0.39 is 28.5 Å². The largest absolute Gasteiger partial charge is 0.354 e. The minimum Gasteiger partial charge on any atom is -0.354 e. The average Bonchev–Trinajstić information content (AvgIpc) is 2.93. The Bertz CT molecular complexity index is 1530. The van der Waals surface area contributed by atoms with Gasteiger partial charge in [0.2, 0.25) is 11.8 Å².